The molecule has 0 amide bonds. The maximum atomic E-state index is 6.80. The molecule has 6 atom stereocenters. The predicted molar refractivity (Wildman–Crippen MR) is 155 cm³/mol. The lowest BCUT2D eigenvalue weighted by atomic mass is 9.68. The van der Waals surface area contributed by atoms with E-state index in [-0.39, 0.29) is 35.0 Å². The smallest absolute Gasteiger partial charge is 0.192 e. The van der Waals surface area contributed by atoms with Crippen molar-refractivity contribution >= 4 is 8.32 Å². The molecule has 3 aliphatic rings. The zero-order valence-electron chi connectivity index (χ0n) is 23.6. The topological polar surface area (TPSA) is 36.9 Å². The van der Waals surface area contributed by atoms with Crippen LogP contribution in [0.1, 0.15) is 38.3 Å². The molecule has 38 heavy (non-hydrogen) atoms. The monoisotopic (exact) mass is 532 g/mol. The molecule has 2 aliphatic carbocycles. The third kappa shape index (κ3) is 5.78. The van der Waals surface area contributed by atoms with E-state index in [9.17, 15) is 0 Å². The molecule has 1 aliphatic heterocycles. The van der Waals surface area contributed by atoms with E-state index in [1.54, 1.807) is 0 Å². The highest BCUT2D eigenvalue weighted by molar-refractivity contribution is 6.74. The van der Waals surface area contributed by atoms with Crippen molar-refractivity contribution in [3.63, 3.8) is 0 Å². The van der Waals surface area contributed by atoms with Gasteiger partial charge in [0.1, 0.15) is 5.60 Å². The van der Waals surface area contributed by atoms with E-state index in [0.717, 1.165) is 6.42 Å². The molecule has 1 saturated carbocycles. The standard InChI is InChI=1S/C33H44O4Si/c1-32(2,3)38(4,5)37-24-27-17-19-33(18-12-20-36-33)31-29(35-23-26-15-10-7-11-16-26)21-28(30(27)31)34-22-25-13-8-6-9-14-25/h6-19,27-31H,20-24H2,1-5H3/t27-,28+,29-,30+,31-,33-/m1/s1. The van der Waals surface area contributed by atoms with Gasteiger partial charge in [-0.3, -0.25) is 0 Å². The Bertz CT molecular complexity index is 1110. The molecule has 2 aromatic carbocycles. The quantitative estimate of drug-likeness (QED) is 0.250. The van der Waals surface area contributed by atoms with Crippen molar-refractivity contribution < 1.29 is 18.6 Å². The number of hydrogen-bond donors (Lipinski definition) is 0. The van der Waals surface area contributed by atoms with Gasteiger partial charge in [-0.1, -0.05) is 106 Å². The molecule has 1 fully saturated rings. The second-order valence-electron chi connectivity index (χ2n) is 12.7. The minimum atomic E-state index is -1.89. The first-order chi connectivity index (χ1) is 18.2. The van der Waals surface area contributed by atoms with E-state index < -0.39 is 13.9 Å². The molecule has 5 rings (SSSR count). The number of rotatable bonds is 9. The van der Waals surface area contributed by atoms with Gasteiger partial charge in [0.2, 0.25) is 0 Å². The van der Waals surface area contributed by atoms with Crippen LogP contribution in [0.4, 0.5) is 0 Å². The first kappa shape index (κ1) is 27.5. The fourth-order valence-corrected chi connectivity index (χ4v) is 7.08. The Balaban J connectivity index is 1.42. The lowest BCUT2D eigenvalue weighted by Gasteiger charge is -2.45. The summed E-state index contributed by atoms with van der Waals surface area (Å²) in [5, 5.41) is 0.170. The number of ether oxygens (including phenoxy) is 3. The summed E-state index contributed by atoms with van der Waals surface area (Å²) in [7, 11) is -1.89. The molecule has 1 spiro atoms. The van der Waals surface area contributed by atoms with Crippen LogP contribution in [0.25, 0.3) is 0 Å². The highest BCUT2D eigenvalue weighted by Crippen LogP contribution is 2.53. The molecule has 4 nitrogen and oxygen atoms in total. The van der Waals surface area contributed by atoms with Gasteiger partial charge in [0.25, 0.3) is 0 Å². The van der Waals surface area contributed by atoms with Crippen LogP contribution in [0.3, 0.4) is 0 Å². The Hall–Kier alpha value is -2.02. The van der Waals surface area contributed by atoms with Crippen LogP contribution in [0.15, 0.2) is 85.0 Å². The van der Waals surface area contributed by atoms with Gasteiger partial charge in [-0.05, 0) is 29.3 Å². The molecular formula is C33H44O4Si. The van der Waals surface area contributed by atoms with Gasteiger partial charge in [-0.2, -0.15) is 0 Å². The zero-order valence-corrected chi connectivity index (χ0v) is 24.6. The van der Waals surface area contributed by atoms with Crippen molar-refractivity contribution in [2.24, 2.45) is 17.8 Å². The van der Waals surface area contributed by atoms with Gasteiger partial charge in [0.05, 0.1) is 32.0 Å². The molecule has 0 aromatic heterocycles. The van der Waals surface area contributed by atoms with Crippen molar-refractivity contribution in [2.75, 3.05) is 13.2 Å². The summed E-state index contributed by atoms with van der Waals surface area (Å²) in [6.45, 7) is 14.1. The van der Waals surface area contributed by atoms with Gasteiger partial charge in [0.15, 0.2) is 8.32 Å². The van der Waals surface area contributed by atoms with E-state index >= 15 is 0 Å². The molecule has 0 bridgehead atoms. The summed E-state index contributed by atoms with van der Waals surface area (Å²) in [5.41, 5.74) is 1.95. The van der Waals surface area contributed by atoms with Crippen molar-refractivity contribution in [2.45, 2.75) is 76.3 Å². The van der Waals surface area contributed by atoms with Crippen molar-refractivity contribution in [3.05, 3.63) is 96.1 Å². The Labute approximate surface area is 230 Å². The summed E-state index contributed by atoms with van der Waals surface area (Å²) >= 11 is 0. The van der Waals surface area contributed by atoms with Crippen molar-refractivity contribution in [3.8, 4) is 0 Å². The van der Waals surface area contributed by atoms with E-state index in [1.165, 1.54) is 11.1 Å². The van der Waals surface area contributed by atoms with Gasteiger partial charge >= 0.3 is 0 Å². The third-order valence-electron chi connectivity index (χ3n) is 9.19. The minimum absolute atomic E-state index is 0.0315. The molecule has 0 unspecified atom stereocenters. The Kier molecular flexibility index (Phi) is 8.14. The molecule has 204 valence electrons. The van der Waals surface area contributed by atoms with Crippen LogP contribution in [-0.4, -0.2) is 39.3 Å². The maximum absolute atomic E-state index is 6.80. The van der Waals surface area contributed by atoms with Gasteiger partial charge in [0, 0.05) is 30.8 Å². The fourth-order valence-electron chi connectivity index (χ4n) is 6.04. The molecule has 0 N–H and O–H groups in total. The summed E-state index contributed by atoms with van der Waals surface area (Å²) in [6, 6.07) is 20.9. The third-order valence-corrected chi connectivity index (χ3v) is 13.7. The lowest BCUT2D eigenvalue weighted by Crippen LogP contribution is -2.50. The van der Waals surface area contributed by atoms with Crippen LogP contribution in [-0.2, 0) is 31.9 Å². The SMILES string of the molecule is CC(C)(C)[Si](C)(C)OC[C@H]1C=C[C@]2(C=CCO2)[C@H]2[C@@H]1[C@@H](OCc1ccccc1)C[C@H]2OCc1ccccc1. The summed E-state index contributed by atoms with van der Waals surface area (Å²) in [4.78, 5) is 0. The van der Waals surface area contributed by atoms with E-state index in [0.29, 0.717) is 26.4 Å². The van der Waals surface area contributed by atoms with Gasteiger partial charge < -0.3 is 18.6 Å². The summed E-state index contributed by atoms with van der Waals surface area (Å²) in [5.74, 6) is 0.671. The van der Waals surface area contributed by atoms with E-state index in [1.807, 2.05) is 6.07 Å². The number of benzene rings is 2. The molecular weight excluding hydrogens is 488 g/mol. The van der Waals surface area contributed by atoms with Crippen LogP contribution >= 0.6 is 0 Å². The summed E-state index contributed by atoms with van der Waals surface area (Å²) in [6.07, 6.45) is 9.99. The largest absolute Gasteiger partial charge is 0.416 e. The van der Waals surface area contributed by atoms with Crippen LogP contribution in [0.5, 0.6) is 0 Å². The lowest BCUT2D eigenvalue weighted by molar-refractivity contribution is -0.0914. The highest BCUT2D eigenvalue weighted by atomic mass is 28.4. The molecule has 5 heteroatoms. The van der Waals surface area contributed by atoms with Gasteiger partial charge in [-0.25, -0.2) is 0 Å². The Morgan fingerprint density at radius 2 is 1.47 bits per heavy atom. The molecule has 0 saturated heterocycles. The van der Waals surface area contributed by atoms with Crippen molar-refractivity contribution in [1.29, 1.82) is 0 Å². The van der Waals surface area contributed by atoms with Crippen LogP contribution in [0, 0.1) is 17.8 Å². The number of fused-ring (bicyclic) bond motifs is 2. The Morgan fingerprint density at radius 1 is 0.868 bits per heavy atom. The Morgan fingerprint density at radius 3 is 2.03 bits per heavy atom. The number of hydrogen-bond acceptors (Lipinski definition) is 4. The average molecular weight is 533 g/mol. The van der Waals surface area contributed by atoms with Gasteiger partial charge in [-0.15, -0.1) is 0 Å². The average Bonchev–Trinajstić information content (AvgIpc) is 3.52. The van der Waals surface area contributed by atoms with Crippen LogP contribution in [0.2, 0.25) is 18.1 Å². The fraction of sp³-hybridized carbons (Fsp3) is 0.515. The summed E-state index contributed by atoms with van der Waals surface area (Å²) < 4.78 is 26.7. The predicted octanol–water partition coefficient (Wildman–Crippen LogP) is 7.33. The zero-order chi connectivity index (χ0) is 26.8. The first-order valence-electron chi connectivity index (χ1n) is 14.1. The molecule has 2 aromatic rings. The van der Waals surface area contributed by atoms with E-state index in [2.05, 4.69) is 113 Å². The van der Waals surface area contributed by atoms with E-state index in [4.69, 9.17) is 18.6 Å². The minimum Gasteiger partial charge on any atom is -0.416 e. The molecule has 0 radical (unpaired) electrons. The second kappa shape index (κ2) is 11.2. The normalized spacial score (nSPS) is 30.7. The maximum Gasteiger partial charge on any atom is 0.192 e. The second-order valence-corrected chi connectivity index (χ2v) is 17.5. The molecule has 1 heterocycles. The van der Waals surface area contributed by atoms with Crippen molar-refractivity contribution in [1.82, 2.24) is 0 Å². The highest BCUT2D eigenvalue weighted by Gasteiger charge is 2.58. The van der Waals surface area contributed by atoms with Crippen LogP contribution < -0.4 is 0 Å². The first-order valence-corrected chi connectivity index (χ1v) is 17.1.